The Morgan fingerprint density at radius 2 is 1.50 bits per heavy atom. The average molecular weight is 401 g/mol. The third kappa shape index (κ3) is 3.14. The maximum atomic E-state index is 6.15. The molecule has 0 aliphatic carbocycles. The highest BCUT2D eigenvalue weighted by Crippen LogP contribution is 2.44. The van der Waals surface area contributed by atoms with Crippen LogP contribution in [-0.2, 0) is 0 Å². The molecule has 4 aromatic rings. The van der Waals surface area contributed by atoms with E-state index in [1.54, 1.807) is 11.3 Å². The molecule has 4 nitrogen and oxygen atoms in total. The number of nitrogens with one attached hydrogen (secondary N) is 1. The van der Waals surface area contributed by atoms with E-state index in [1.165, 1.54) is 0 Å². The summed E-state index contributed by atoms with van der Waals surface area (Å²) in [6.07, 6.45) is 0. The summed E-state index contributed by atoms with van der Waals surface area (Å²) >= 11 is 13.9. The lowest BCUT2D eigenvalue weighted by atomic mass is 9.96. The van der Waals surface area contributed by atoms with Crippen molar-refractivity contribution in [1.82, 2.24) is 20.6 Å². The predicted octanol–water partition coefficient (Wildman–Crippen LogP) is 6.19. The standard InChI is InChI=1S/C19H14Cl2N4S/c1-10-7-12(20)3-5-14(10)16-9-17(19-22-24-25-23-19)26-18(16)15-6-4-13(21)8-11(15)2/h3-9H,1-2H3,(H,22,23,24,25). The predicted molar refractivity (Wildman–Crippen MR) is 108 cm³/mol. The van der Waals surface area contributed by atoms with Crippen LogP contribution < -0.4 is 0 Å². The van der Waals surface area contributed by atoms with Crippen molar-refractivity contribution >= 4 is 34.5 Å². The maximum absolute atomic E-state index is 6.15. The molecule has 2 aromatic heterocycles. The zero-order valence-electron chi connectivity index (χ0n) is 14.0. The Morgan fingerprint density at radius 1 is 0.846 bits per heavy atom. The van der Waals surface area contributed by atoms with Gasteiger partial charge in [0.25, 0.3) is 0 Å². The van der Waals surface area contributed by atoms with Gasteiger partial charge in [-0.05, 0) is 76.9 Å². The van der Waals surface area contributed by atoms with Gasteiger partial charge in [-0.25, -0.2) is 5.10 Å². The normalized spacial score (nSPS) is 11.1. The Labute approximate surface area is 164 Å². The highest BCUT2D eigenvalue weighted by Gasteiger charge is 2.18. The number of hydrogen-bond donors (Lipinski definition) is 1. The Bertz CT molecular complexity index is 1020. The summed E-state index contributed by atoms with van der Waals surface area (Å²) in [7, 11) is 0. The van der Waals surface area contributed by atoms with E-state index in [0.717, 1.165) is 47.6 Å². The van der Waals surface area contributed by atoms with Crippen LogP contribution in [0.5, 0.6) is 0 Å². The summed E-state index contributed by atoms with van der Waals surface area (Å²) in [4.78, 5) is 2.12. The van der Waals surface area contributed by atoms with E-state index in [9.17, 15) is 0 Å². The third-order valence-electron chi connectivity index (χ3n) is 4.22. The van der Waals surface area contributed by atoms with Gasteiger partial charge < -0.3 is 0 Å². The third-order valence-corrected chi connectivity index (χ3v) is 5.87. The van der Waals surface area contributed by atoms with E-state index in [-0.39, 0.29) is 0 Å². The van der Waals surface area contributed by atoms with Gasteiger partial charge in [-0.15, -0.1) is 16.4 Å². The average Bonchev–Trinajstić information content (AvgIpc) is 3.24. The maximum Gasteiger partial charge on any atom is 0.189 e. The fraction of sp³-hybridized carbons (Fsp3) is 0.105. The topological polar surface area (TPSA) is 54.5 Å². The second-order valence-corrected chi connectivity index (χ2v) is 7.95. The smallest absolute Gasteiger partial charge is 0.189 e. The number of rotatable bonds is 3. The van der Waals surface area contributed by atoms with Gasteiger partial charge in [0.15, 0.2) is 5.82 Å². The summed E-state index contributed by atoms with van der Waals surface area (Å²) in [5.41, 5.74) is 5.64. The van der Waals surface area contributed by atoms with Crippen molar-refractivity contribution in [2.24, 2.45) is 0 Å². The van der Waals surface area contributed by atoms with Crippen LogP contribution in [0.15, 0.2) is 42.5 Å². The van der Waals surface area contributed by atoms with Crippen LogP contribution in [0.2, 0.25) is 10.0 Å². The van der Waals surface area contributed by atoms with Gasteiger partial charge in [-0.3, -0.25) is 0 Å². The highest BCUT2D eigenvalue weighted by atomic mass is 35.5. The van der Waals surface area contributed by atoms with Crippen LogP contribution in [0, 0.1) is 13.8 Å². The minimum absolute atomic E-state index is 0.653. The first kappa shape index (κ1) is 17.2. The minimum Gasteiger partial charge on any atom is -0.238 e. The summed E-state index contributed by atoms with van der Waals surface area (Å²) in [5.74, 6) is 0.653. The van der Waals surface area contributed by atoms with Gasteiger partial charge in [0, 0.05) is 20.5 Å². The second-order valence-electron chi connectivity index (χ2n) is 6.02. The van der Waals surface area contributed by atoms with E-state index in [2.05, 4.69) is 52.7 Å². The van der Waals surface area contributed by atoms with Crippen molar-refractivity contribution in [2.75, 3.05) is 0 Å². The fourth-order valence-electron chi connectivity index (χ4n) is 2.98. The molecule has 1 N–H and O–H groups in total. The SMILES string of the molecule is Cc1cc(Cl)ccc1-c1cc(-c2nnn[nH]2)sc1-c1ccc(Cl)cc1C. The first-order chi connectivity index (χ1) is 12.5. The van der Waals surface area contributed by atoms with E-state index < -0.39 is 0 Å². The number of aryl methyl sites for hydroxylation is 2. The molecule has 7 heteroatoms. The Hall–Kier alpha value is -2.21. The molecule has 0 spiro atoms. The van der Waals surface area contributed by atoms with Gasteiger partial charge in [0.1, 0.15) is 0 Å². The van der Waals surface area contributed by atoms with E-state index in [0.29, 0.717) is 5.82 Å². The molecule has 0 radical (unpaired) electrons. The van der Waals surface area contributed by atoms with E-state index in [4.69, 9.17) is 23.2 Å². The molecule has 0 saturated heterocycles. The molecule has 130 valence electrons. The zero-order valence-corrected chi connectivity index (χ0v) is 16.4. The number of halogens is 2. The van der Waals surface area contributed by atoms with Crippen molar-refractivity contribution < 1.29 is 0 Å². The summed E-state index contributed by atoms with van der Waals surface area (Å²) in [6, 6.07) is 14.0. The van der Waals surface area contributed by atoms with Gasteiger partial charge in [-0.1, -0.05) is 35.3 Å². The molecule has 26 heavy (non-hydrogen) atoms. The highest BCUT2D eigenvalue weighted by molar-refractivity contribution is 7.19. The van der Waals surface area contributed by atoms with Gasteiger partial charge in [0.05, 0.1) is 4.88 Å². The van der Waals surface area contributed by atoms with Crippen molar-refractivity contribution in [2.45, 2.75) is 13.8 Å². The molecule has 0 atom stereocenters. The lowest BCUT2D eigenvalue weighted by Gasteiger charge is -2.10. The number of aromatic amines is 1. The Balaban J connectivity index is 1.97. The molecule has 0 unspecified atom stereocenters. The lowest BCUT2D eigenvalue weighted by molar-refractivity contribution is 0.881. The molecule has 0 saturated carbocycles. The number of benzene rings is 2. The summed E-state index contributed by atoms with van der Waals surface area (Å²) in [6.45, 7) is 4.13. The number of H-pyrrole nitrogens is 1. The van der Waals surface area contributed by atoms with Crippen LogP contribution in [0.4, 0.5) is 0 Å². The quantitative estimate of drug-likeness (QED) is 0.446. The van der Waals surface area contributed by atoms with E-state index >= 15 is 0 Å². The molecule has 4 rings (SSSR count). The summed E-state index contributed by atoms with van der Waals surface area (Å²) < 4.78 is 0. The number of hydrogen-bond acceptors (Lipinski definition) is 4. The van der Waals surface area contributed by atoms with Gasteiger partial charge in [-0.2, -0.15) is 0 Å². The molecule has 2 aromatic carbocycles. The van der Waals surface area contributed by atoms with Crippen LogP contribution in [0.1, 0.15) is 11.1 Å². The van der Waals surface area contributed by atoms with Gasteiger partial charge in [0.2, 0.25) is 0 Å². The number of aromatic nitrogens is 4. The van der Waals surface area contributed by atoms with Gasteiger partial charge >= 0.3 is 0 Å². The fourth-order valence-corrected chi connectivity index (χ4v) is 4.63. The number of thiophene rings is 1. The lowest BCUT2D eigenvalue weighted by Crippen LogP contribution is -1.86. The number of tetrazole rings is 1. The molecule has 0 aliphatic heterocycles. The van der Waals surface area contributed by atoms with Crippen molar-refractivity contribution in [3.05, 3.63) is 63.6 Å². The molecule has 0 bridgehead atoms. The van der Waals surface area contributed by atoms with Crippen molar-refractivity contribution in [1.29, 1.82) is 0 Å². The van der Waals surface area contributed by atoms with Crippen LogP contribution >= 0.6 is 34.5 Å². The molecule has 2 heterocycles. The van der Waals surface area contributed by atoms with Crippen molar-refractivity contribution in [3.8, 4) is 32.3 Å². The molecule has 0 amide bonds. The molecular formula is C19H14Cl2N4S. The first-order valence-electron chi connectivity index (χ1n) is 7.94. The number of nitrogens with zero attached hydrogens (tertiary/aromatic N) is 3. The van der Waals surface area contributed by atoms with Crippen LogP contribution in [-0.4, -0.2) is 20.6 Å². The largest absolute Gasteiger partial charge is 0.238 e. The van der Waals surface area contributed by atoms with Crippen LogP contribution in [0.3, 0.4) is 0 Å². The van der Waals surface area contributed by atoms with Crippen LogP contribution in [0.25, 0.3) is 32.3 Å². The minimum atomic E-state index is 0.653. The van der Waals surface area contributed by atoms with E-state index in [1.807, 2.05) is 24.3 Å². The molecule has 0 aliphatic rings. The second kappa shape index (κ2) is 6.83. The monoisotopic (exact) mass is 400 g/mol. The first-order valence-corrected chi connectivity index (χ1v) is 9.51. The molecule has 0 fully saturated rings. The van der Waals surface area contributed by atoms with Crippen molar-refractivity contribution in [3.63, 3.8) is 0 Å². The molecular weight excluding hydrogens is 387 g/mol. The Morgan fingerprint density at radius 3 is 2.08 bits per heavy atom. The summed E-state index contributed by atoms with van der Waals surface area (Å²) in [5, 5.41) is 15.7. The zero-order chi connectivity index (χ0) is 18.3. The Kier molecular flexibility index (Phi) is 4.53.